The molecule has 1 saturated heterocycles. The SMILES string of the molecule is COc1ccc(C(=O)N2CCS[C@@]23C(=O)N(Cc2ccc(F)cc2)c2ccccc23)cc1. The summed E-state index contributed by atoms with van der Waals surface area (Å²) in [6.45, 7) is 0.781. The number of methoxy groups -OCH3 is 1. The van der Waals surface area contributed by atoms with Gasteiger partial charge in [0.1, 0.15) is 11.6 Å². The zero-order chi connectivity index (χ0) is 22.3. The number of amides is 2. The number of carbonyl (C=O) groups excluding carboxylic acids is 2. The lowest BCUT2D eigenvalue weighted by atomic mass is 10.0. The van der Waals surface area contributed by atoms with Crippen LogP contribution in [0.2, 0.25) is 0 Å². The molecule has 1 fully saturated rings. The summed E-state index contributed by atoms with van der Waals surface area (Å²) in [6.07, 6.45) is 0. The van der Waals surface area contributed by atoms with E-state index in [2.05, 4.69) is 0 Å². The van der Waals surface area contributed by atoms with E-state index in [0.717, 1.165) is 16.8 Å². The minimum Gasteiger partial charge on any atom is -0.497 e. The summed E-state index contributed by atoms with van der Waals surface area (Å²) in [5.41, 5.74) is 2.93. The Labute approximate surface area is 189 Å². The highest BCUT2D eigenvalue weighted by Crippen LogP contribution is 2.54. The fourth-order valence-electron chi connectivity index (χ4n) is 4.39. The van der Waals surface area contributed by atoms with Crippen LogP contribution in [0.15, 0.2) is 72.8 Å². The van der Waals surface area contributed by atoms with Crippen molar-refractivity contribution in [3.63, 3.8) is 0 Å². The van der Waals surface area contributed by atoms with E-state index in [0.29, 0.717) is 30.2 Å². The van der Waals surface area contributed by atoms with E-state index in [1.807, 2.05) is 24.3 Å². The molecule has 0 N–H and O–H groups in total. The van der Waals surface area contributed by atoms with Gasteiger partial charge in [0, 0.05) is 23.4 Å². The molecule has 0 unspecified atom stereocenters. The van der Waals surface area contributed by atoms with Crippen molar-refractivity contribution in [3.8, 4) is 5.75 Å². The zero-order valence-corrected chi connectivity index (χ0v) is 18.3. The van der Waals surface area contributed by atoms with Gasteiger partial charge in [0.05, 0.1) is 19.3 Å². The first kappa shape index (κ1) is 20.6. The molecule has 5 rings (SSSR count). The van der Waals surface area contributed by atoms with Crippen molar-refractivity contribution < 1.29 is 18.7 Å². The summed E-state index contributed by atoms with van der Waals surface area (Å²) in [5, 5.41) is 0. The summed E-state index contributed by atoms with van der Waals surface area (Å²) in [6, 6.07) is 20.7. The molecule has 1 spiro atoms. The normalized spacial score (nSPS) is 19.5. The summed E-state index contributed by atoms with van der Waals surface area (Å²) in [7, 11) is 1.58. The number of halogens is 1. The van der Waals surface area contributed by atoms with Gasteiger partial charge >= 0.3 is 0 Å². The molecule has 2 aliphatic heterocycles. The Hall–Kier alpha value is -3.32. The van der Waals surface area contributed by atoms with Crippen LogP contribution in [0.3, 0.4) is 0 Å². The number of rotatable bonds is 4. The Morgan fingerprint density at radius 3 is 2.50 bits per heavy atom. The second-order valence-corrected chi connectivity index (χ2v) is 9.00. The lowest BCUT2D eigenvalue weighted by Gasteiger charge is -2.33. The van der Waals surface area contributed by atoms with Gasteiger partial charge in [-0.15, -0.1) is 11.8 Å². The summed E-state index contributed by atoms with van der Waals surface area (Å²) in [4.78, 5) is 29.7. The van der Waals surface area contributed by atoms with Crippen LogP contribution in [0.4, 0.5) is 10.1 Å². The van der Waals surface area contributed by atoms with E-state index in [1.165, 1.54) is 23.9 Å². The van der Waals surface area contributed by atoms with E-state index in [-0.39, 0.29) is 17.6 Å². The monoisotopic (exact) mass is 448 g/mol. The first-order valence-electron chi connectivity index (χ1n) is 10.3. The molecule has 2 aliphatic rings. The van der Waals surface area contributed by atoms with Crippen LogP contribution in [0.5, 0.6) is 5.75 Å². The second kappa shape index (κ2) is 7.98. The number of fused-ring (bicyclic) bond motifs is 2. The lowest BCUT2D eigenvalue weighted by Crippen LogP contribution is -2.50. The highest BCUT2D eigenvalue weighted by Gasteiger charge is 2.59. The Morgan fingerprint density at radius 1 is 1.06 bits per heavy atom. The molecule has 0 aliphatic carbocycles. The zero-order valence-electron chi connectivity index (χ0n) is 17.5. The number of ether oxygens (including phenoxy) is 1. The minimum atomic E-state index is -1.10. The Balaban J connectivity index is 1.54. The average molecular weight is 449 g/mol. The lowest BCUT2D eigenvalue weighted by molar-refractivity contribution is -0.123. The number of anilines is 1. The number of benzene rings is 3. The number of para-hydroxylation sites is 1. The highest BCUT2D eigenvalue weighted by atomic mass is 32.2. The van der Waals surface area contributed by atoms with Crippen molar-refractivity contribution in [2.75, 3.05) is 24.3 Å². The van der Waals surface area contributed by atoms with Gasteiger partial charge in [-0.25, -0.2) is 4.39 Å². The van der Waals surface area contributed by atoms with Gasteiger partial charge in [-0.1, -0.05) is 30.3 Å². The van der Waals surface area contributed by atoms with E-state index in [4.69, 9.17) is 4.74 Å². The molecule has 162 valence electrons. The molecule has 1 atom stereocenters. The molecule has 0 bridgehead atoms. The molecule has 7 heteroatoms. The van der Waals surface area contributed by atoms with Gasteiger partial charge in [-0.3, -0.25) is 9.59 Å². The van der Waals surface area contributed by atoms with Gasteiger partial charge in [-0.05, 0) is 48.0 Å². The maximum Gasteiger partial charge on any atom is 0.268 e. The van der Waals surface area contributed by atoms with E-state index < -0.39 is 4.87 Å². The number of hydrogen-bond donors (Lipinski definition) is 0. The standard InChI is InChI=1S/C25H21FN2O3S/c1-31-20-12-8-18(9-13-20)23(29)28-14-15-32-25(28)21-4-2-3-5-22(21)27(24(25)30)16-17-6-10-19(26)11-7-17/h2-13H,14-16H2,1H3/t25-/m0/s1. The summed E-state index contributed by atoms with van der Waals surface area (Å²) in [5.74, 6) is 0.671. The van der Waals surface area contributed by atoms with Crippen LogP contribution in [0.25, 0.3) is 0 Å². The van der Waals surface area contributed by atoms with E-state index >= 15 is 0 Å². The summed E-state index contributed by atoms with van der Waals surface area (Å²) >= 11 is 1.49. The topological polar surface area (TPSA) is 49.9 Å². The number of thioether (sulfide) groups is 1. The quantitative estimate of drug-likeness (QED) is 0.593. The Bertz CT molecular complexity index is 1180. The van der Waals surface area contributed by atoms with Gasteiger partial charge in [0.2, 0.25) is 0 Å². The fraction of sp³-hybridized carbons (Fsp3) is 0.200. The van der Waals surface area contributed by atoms with Crippen molar-refractivity contribution >= 4 is 29.3 Å². The number of nitrogens with zero attached hydrogens (tertiary/aromatic N) is 2. The molecule has 3 aromatic rings. The smallest absolute Gasteiger partial charge is 0.268 e. The molecule has 0 aromatic heterocycles. The van der Waals surface area contributed by atoms with E-state index in [9.17, 15) is 14.0 Å². The van der Waals surface area contributed by atoms with Crippen molar-refractivity contribution in [2.45, 2.75) is 11.4 Å². The van der Waals surface area contributed by atoms with Gasteiger partial charge in [-0.2, -0.15) is 0 Å². The van der Waals surface area contributed by atoms with Crippen molar-refractivity contribution in [1.29, 1.82) is 0 Å². The number of hydrogen-bond acceptors (Lipinski definition) is 4. The number of carbonyl (C=O) groups is 2. The molecule has 32 heavy (non-hydrogen) atoms. The predicted octanol–water partition coefficient (Wildman–Crippen LogP) is 4.42. The van der Waals surface area contributed by atoms with Crippen LogP contribution < -0.4 is 9.64 Å². The second-order valence-electron chi connectivity index (χ2n) is 7.71. The first-order valence-corrected chi connectivity index (χ1v) is 11.3. The van der Waals surface area contributed by atoms with Crippen molar-refractivity contribution in [3.05, 3.63) is 95.3 Å². The highest BCUT2D eigenvalue weighted by molar-refractivity contribution is 8.01. The van der Waals surface area contributed by atoms with Crippen LogP contribution >= 0.6 is 11.8 Å². The van der Waals surface area contributed by atoms with Crippen LogP contribution in [0, 0.1) is 5.82 Å². The molecule has 3 aromatic carbocycles. The molecular formula is C25H21FN2O3S. The third-order valence-electron chi connectivity index (χ3n) is 5.94. The molecule has 0 radical (unpaired) electrons. The summed E-state index contributed by atoms with van der Waals surface area (Å²) < 4.78 is 18.6. The fourth-order valence-corrected chi connectivity index (χ4v) is 5.85. The molecular weight excluding hydrogens is 427 g/mol. The first-order chi connectivity index (χ1) is 15.5. The molecule has 2 amide bonds. The van der Waals surface area contributed by atoms with Crippen molar-refractivity contribution in [1.82, 2.24) is 4.90 Å². The Kier molecular flexibility index (Phi) is 5.13. The Morgan fingerprint density at radius 2 is 1.78 bits per heavy atom. The largest absolute Gasteiger partial charge is 0.497 e. The predicted molar refractivity (Wildman–Crippen MR) is 122 cm³/mol. The molecule has 0 saturated carbocycles. The van der Waals surface area contributed by atoms with Gasteiger partial charge < -0.3 is 14.5 Å². The minimum absolute atomic E-state index is 0.146. The van der Waals surface area contributed by atoms with Crippen LogP contribution in [0.1, 0.15) is 21.5 Å². The van der Waals surface area contributed by atoms with Crippen LogP contribution in [-0.2, 0) is 16.2 Å². The van der Waals surface area contributed by atoms with Crippen LogP contribution in [-0.4, -0.2) is 36.1 Å². The third kappa shape index (κ3) is 3.15. The van der Waals surface area contributed by atoms with Gasteiger partial charge in [0.15, 0.2) is 4.87 Å². The molecule has 5 nitrogen and oxygen atoms in total. The van der Waals surface area contributed by atoms with Gasteiger partial charge in [0.25, 0.3) is 11.8 Å². The maximum absolute atomic E-state index is 13.9. The maximum atomic E-state index is 13.9. The van der Waals surface area contributed by atoms with E-state index in [1.54, 1.807) is 53.3 Å². The van der Waals surface area contributed by atoms with Crippen molar-refractivity contribution in [2.24, 2.45) is 0 Å². The average Bonchev–Trinajstić information content (AvgIpc) is 3.37. The molecule has 2 heterocycles. The third-order valence-corrected chi connectivity index (χ3v) is 7.36.